The first kappa shape index (κ1) is 15.7. The summed E-state index contributed by atoms with van der Waals surface area (Å²) in [6.45, 7) is 3.44. The van der Waals surface area contributed by atoms with Gasteiger partial charge in [-0.05, 0) is 37.1 Å². The third-order valence-electron chi connectivity index (χ3n) is 3.57. The zero-order chi connectivity index (χ0) is 17.4. The summed E-state index contributed by atoms with van der Waals surface area (Å²) in [6, 6.07) is 2.87. The van der Waals surface area contributed by atoms with Gasteiger partial charge in [0.1, 0.15) is 0 Å². The number of phenolic OH excluding ortho intramolecular Hbond substituents is 4. The monoisotopic (exact) mass is 336 g/mol. The Morgan fingerprint density at radius 1 is 0.625 bits per heavy atom. The minimum atomic E-state index is -0.00204. The fourth-order valence-electron chi connectivity index (χ4n) is 2.33. The summed E-state index contributed by atoms with van der Waals surface area (Å²) in [7, 11) is 0. The van der Waals surface area contributed by atoms with E-state index in [1.54, 1.807) is 13.8 Å². The summed E-state index contributed by atoms with van der Waals surface area (Å²) in [6.07, 6.45) is 0. The van der Waals surface area contributed by atoms with Gasteiger partial charge in [-0.25, -0.2) is 0 Å². The molecule has 0 unspecified atom stereocenters. The van der Waals surface area contributed by atoms with E-state index in [-0.39, 0.29) is 59.6 Å². The summed E-state index contributed by atoms with van der Waals surface area (Å²) in [5.41, 5.74) is 1.13. The molecule has 0 atom stereocenters. The SMILES string of the molecule is Cc1cc(O)c2c(c1O)OCO2.Cc1cc(O)c2c(c1O)OCO2. The molecule has 2 aliphatic rings. The standard InChI is InChI=1S/2C8H8O4/c2*1-4-2-5(9)7-8(6(4)10)12-3-11-7/h2*2,9-10H,3H2,1H3. The van der Waals surface area contributed by atoms with Crippen molar-refractivity contribution in [1.82, 2.24) is 0 Å². The van der Waals surface area contributed by atoms with Crippen LogP contribution >= 0.6 is 0 Å². The van der Waals surface area contributed by atoms with Crippen LogP contribution in [-0.2, 0) is 0 Å². The molecular formula is C16H16O8. The first-order valence-corrected chi connectivity index (χ1v) is 7.02. The highest BCUT2D eigenvalue weighted by Gasteiger charge is 2.24. The molecule has 128 valence electrons. The Morgan fingerprint density at radius 3 is 1.33 bits per heavy atom. The van der Waals surface area contributed by atoms with Gasteiger partial charge in [0, 0.05) is 0 Å². The van der Waals surface area contributed by atoms with Crippen molar-refractivity contribution in [3.05, 3.63) is 23.3 Å². The van der Waals surface area contributed by atoms with Crippen molar-refractivity contribution in [3.63, 3.8) is 0 Å². The van der Waals surface area contributed by atoms with E-state index in [2.05, 4.69) is 0 Å². The number of hydrogen-bond acceptors (Lipinski definition) is 8. The van der Waals surface area contributed by atoms with Crippen LogP contribution in [0.1, 0.15) is 11.1 Å². The van der Waals surface area contributed by atoms with E-state index in [1.807, 2.05) is 0 Å². The molecule has 0 amide bonds. The number of aryl methyl sites for hydroxylation is 2. The second-order valence-corrected chi connectivity index (χ2v) is 5.25. The normalized spacial score (nSPS) is 13.4. The maximum Gasteiger partial charge on any atom is 0.231 e. The molecule has 0 saturated heterocycles. The molecule has 0 aliphatic carbocycles. The van der Waals surface area contributed by atoms with Gasteiger partial charge in [0.2, 0.25) is 36.6 Å². The number of phenols is 4. The second-order valence-electron chi connectivity index (χ2n) is 5.25. The molecule has 4 rings (SSSR count). The summed E-state index contributed by atoms with van der Waals surface area (Å²) < 4.78 is 19.8. The van der Waals surface area contributed by atoms with E-state index < -0.39 is 0 Å². The third-order valence-corrected chi connectivity index (χ3v) is 3.57. The molecule has 0 radical (unpaired) electrons. The van der Waals surface area contributed by atoms with Gasteiger partial charge in [-0.3, -0.25) is 0 Å². The third kappa shape index (κ3) is 2.51. The largest absolute Gasteiger partial charge is 0.504 e. The average molecular weight is 336 g/mol. The molecule has 8 heteroatoms. The summed E-state index contributed by atoms with van der Waals surface area (Å²) in [4.78, 5) is 0. The van der Waals surface area contributed by atoms with Gasteiger partial charge in [-0.1, -0.05) is 0 Å². The molecule has 2 aromatic carbocycles. The smallest absolute Gasteiger partial charge is 0.231 e. The van der Waals surface area contributed by atoms with Crippen LogP contribution in [0.2, 0.25) is 0 Å². The highest BCUT2D eigenvalue weighted by Crippen LogP contribution is 2.48. The number of aromatic hydroxyl groups is 4. The van der Waals surface area contributed by atoms with E-state index in [4.69, 9.17) is 18.9 Å². The zero-order valence-electron chi connectivity index (χ0n) is 13.0. The van der Waals surface area contributed by atoms with Crippen LogP contribution in [0, 0.1) is 13.8 Å². The molecule has 0 fully saturated rings. The Balaban J connectivity index is 0.000000141. The van der Waals surface area contributed by atoms with Crippen molar-refractivity contribution in [2.45, 2.75) is 13.8 Å². The molecule has 0 saturated carbocycles. The van der Waals surface area contributed by atoms with Crippen LogP contribution in [-0.4, -0.2) is 34.0 Å². The quantitative estimate of drug-likeness (QED) is 0.541. The molecular weight excluding hydrogens is 320 g/mol. The minimum Gasteiger partial charge on any atom is -0.504 e. The molecule has 24 heavy (non-hydrogen) atoms. The molecule has 0 spiro atoms. The number of benzene rings is 2. The molecule has 2 aliphatic heterocycles. The van der Waals surface area contributed by atoms with Gasteiger partial charge in [0.25, 0.3) is 0 Å². The fourth-order valence-corrected chi connectivity index (χ4v) is 2.33. The molecule has 0 bridgehead atoms. The van der Waals surface area contributed by atoms with Crippen LogP contribution in [0.3, 0.4) is 0 Å². The lowest BCUT2D eigenvalue weighted by Crippen LogP contribution is -1.93. The van der Waals surface area contributed by atoms with Gasteiger partial charge in [-0.15, -0.1) is 0 Å². The van der Waals surface area contributed by atoms with Crippen molar-refractivity contribution in [3.8, 4) is 46.0 Å². The van der Waals surface area contributed by atoms with Crippen LogP contribution in [0.5, 0.6) is 46.0 Å². The van der Waals surface area contributed by atoms with E-state index in [9.17, 15) is 20.4 Å². The number of hydrogen-bond donors (Lipinski definition) is 4. The Morgan fingerprint density at radius 2 is 0.958 bits per heavy atom. The van der Waals surface area contributed by atoms with Crippen LogP contribution in [0.4, 0.5) is 0 Å². The summed E-state index contributed by atoms with van der Waals surface area (Å²) >= 11 is 0. The number of fused-ring (bicyclic) bond motifs is 2. The van der Waals surface area contributed by atoms with Crippen molar-refractivity contribution in [2.24, 2.45) is 0 Å². The van der Waals surface area contributed by atoms with E-state index in [0.717, 1.165) is 0 Å². The highest BCUT2D eigenvalue weighted by atomic mass is 16.7. The molecule has 2 heterocycles. The van der Waals surface area contributed by atoms with Crippen molar-refractivity contribution in [1.29, 1.82) is 0 Å². The maximum atomic E-state index is 9.43. The number of rotatable bonds is 0. The summed E-state index contributed by atoms with van der Waals surface area (Å²) in [5, 5.41) is 37.5. The first-order valence-electron chi connectivity index (χ1n) is 7.02. The van der Waals surface area contributed by atoms with E-state index in [1.165, 1.54) is 12.1 Å². The Kier molecular flexibility index (Phi) is 3.80. The lowest BCUT2D eigenvalue weighted by molar-refractivity contribution is 0.169. The van der Waals surface area contributed by atoms with Crippen molar-refractivity contribution >= 4 is 0 Å². The zero-order valence-corrected chi connectivity index (χ0v) is 13.0. The van der Waals surface area contributed by atoms with Crippen LogP contribution < -0.4 is 18.9 Å². The molecule has 8 nitrogen and oxygen atoms in total. The second kappa shape index (κ2) is 5.80. The molecule has 4 N–H and O–H groups in total. The topological polar surface area (TPSA) is 118 Å². The van der Waals surface area contributed by atoms with Crippen LogP contribution in [0.15, 0.2) is 12.1 Å². The van der Waals surface area contributed by atoms with E-state index >= 15 is 0 Å². The lowest BCUT2D eigenvalue weighted by Gasteiger charge is -2.03. The van der Waals surface area contributed by atoms with Crippen LogP contribution in [0.25, 0.3) is 0 Å². The van der Waals surface area contributed by atoms with Gasteiger partial charge < -0.3 is 39.4 Å². The van der Waals surface area contributed by atoms with Gasteiger partial charge in [0.15, 0.2) is 23.0 Å². The molecule has 0 aromatic heterocycles. The van der Waals surface area contributed by atoms with Crippen molar-refractivity contribution in [2.75, 3.05) is 13.6 Å². The van der Waals surface area contributed by atoms with E-state index in [0.29, 0.717) is 11.1 Å². The summed E-state index contributed by atoms with van der Waals surface area (Å²) in [5.74, 6) is 0.951. The maximum absolute atomic E-state index is 9.43. The Bertz CT molecular complexity index is 732. The fraction of sp³-hybridized carbons (Fsp3) is 0.250. The van der Waals surface area contributed by atoms with Gasteiger partial charge in [-0.2, -0.15) is 0 Å². The average Bonchev–Trinajstić information content (AvgIpc) is 3.20. The highest BCUT2D eigenvalue weighted by molar-refractivity contribution is 5.63. The Hall–Kier alpha value is -3.16. The molecule has 2 aromatic rings. The predicted molar refractivity (Wildman–Crippen MR) is 81.3 cm³/mol. The predicted octanol–water partition coefficient (Wildman–Crippen LogP) is 2.27. The van der Waals surface area contributed by atoms with Crippen molar-refractivity contribution < 1.29 is 39.4 Å². The Labute approximate surface area is 137 Å². The minimum absolute atomic E-state index is 0.00204. The first-order chi connectivity index (χ1) is 11.4. The number of ether oxygens (including phenoxy) is 4. The lowest BCUT2D eigenvalue weighted by atomic mass is 10.2. The van der Waals surface area contributed by atoms with Gasteiger partial charge in [0.05, 0.1) is 0 Å². The van der Waals surface area contributed by atoms with Gasteiger partial charge >= 0.3 is 0 Å².